The lowest BCUT2D eigenvalue weighted by Gasteiger charge is -2.31. The summed E-state index contributed by atoms with van der Waals surface area (Å²) in [6.45, 7) is 10.1. The molecule has 194 valence electrons. The highest BCUT2D eigenvalue weighted by atomic mass is 16.6. The van der Waals surface area contributed by atoms with Gasteiger partial charge in [-0.1, -0.05) is 65.2 Å². The number of likely N-dealkylation sites (tertiary alicyclic amines) is 1. The molecule has 4 unspecified atom stereocenters. The average Bonchev–Trinajstić information content (AvgIpc) is 3.19. The zero-order valence-corrected chi connectivity index (χ0v) is 21.7. The van der Waals surface area contributed by atoms with Gasteiger partial charge in [0.1, 0.15) is 24.0 Å². The van der Waals surface area contributed by atoms with Gasteiger partial charge in [-0.25, -0.2) is 4.79 Å². The molecule has 0 radical (unpaired) electrons. The highest BCUT2D eigenvalue weighted by Gasteiger charge is 2.62. The lowest BCUT2D eigenvalue weighted by Crippen LogP contribution is -2.55. The van der Waals surface area contributed by atoms with Crippen LogP contribution in [0.15, 0.2) is 0 Å². The third-order valence-corrected chi connectivity index (χ3v) is 6.99. The molecule has 2 aliphatic rings. The van der Waals surface area contributed by atoms with E-state index in [0.717, 1.165) is 19.3 Å². The third-order valence-electron chi connectivity index (χ3n) is 6.99. The highest BCUT2D eigenvalue weighted by Crippen LogP contribution is 2.55. The van der Waals surface area contributed by atoms with Gasteiger partial charge in [0.15, 0.2) is 0 Å². The first kappa shape index (κ1) is 28.1. The highest BCUT2D eigenvalue weighted by molar-refractivity contribution is 5.93. The lowest BCUT2D eigenvalue weighted by atomic mass is 10.0. The summed E-state index contributed by atoms with van der Waals surface area (Å²) in [7, 11) is 0. The van der Waals surface area contributed by atoms with Crippen LogP contribution >= 0.6 is 0 Å². The summed E-state index contributed by atoms with van der Waals surface area (Å²) >= 11 is 0. The van der Waals surface area contributed by atoms with Crippen molar-refractivity contribution in [2.45, 2.75) is 110 Å². The summed E-state index contributed by atoms with van der Waals surface area (Å²) in [5.41, 5.74) is -0.669. The molecule has 8 nitrogen and oxygen atoms in total. The number of hydrogen-bond acceptors (Lipinski definition) is 5. The molecule has 5 atom stereocenters. The van der Waals surface area contributed by atoms with Gasteiger partial charge in [-0.05, 0) is 44.9 Å². The Labute approximate surface area is 204 Å². The van der Waals surface area contributed by atoms with E-state index < -0.39 is 23.8 Å². The normalized spacial score (nSPS) is 24.2. The van der Waals surface area contributed by atoms with Crippen molar-refractivity contribution in [2.75, 3.05) is 13.1 Å². The van der Waals surface area contributed by atoms with E-state index in [0.29, 0.717) is 31.1 Å². The summed E-state index contributed by atoms with van der Waals surface area (Å²) < 4.78 is 5.40. The number of nitrogens with one attached hydrogen (secondary N) is 2. The van der Waals surface area contributed by atoms with E-state index in [9.17, 15) is 19.2 Å². The van der Waals surface area contributed by atoms with Crippen LogP contribution in [0.4, 0.5) is 4.79 Å². The number of aldehydes is 1. The minimum atomic E-state index is -0.732. The van der Waals surface area contributed by atoms with Crippen LogP contribution < -0.4 is 10.6 Å². The predicted octanol–water partition coefficient (Wildman–Crippen LogP) is 3.82. The maximum atomic E-state index is 13.6. The van der Waals surface area contributed by atoms with Gasteiger partial charge in [-0.2, -0.15) is 0 Å². The molecule has 2 rings (SSSR count). The fourth-order valence-corrected chi connectivity index (χ4v) is 5.12. The van der Waals surface area contributed by atoms with E-state index in [1.807, 2.05) is 0 Å². The zero-order chi connectivity index (χ0) is 25.3. The number of carbonyl (C=O) groups is 4. The molecule has 0 aromatic heterocycles. The molecule has 2 fully saturated rings. The summed E-state index contributed by atoms with van der Waals surface area (Å²) in [5.74, 6) is 0.253. The minimum Gasteiger partial charge on any atom is -0.444 e. The van der Waals surface area contributed by atoms with E-state index in [2.05, 4.69) is 24.5 Å². The number of amides is 3. The number of fused-ring (bicyclic) bond motifs is 1. The van der Waals surface area contributed by atoms with Crippen molar-refractivity contribution < 1.29 is 23.9 Å². The summed E-state index contributed by atoms with van der Waals surface area (Å²) in [6.07, 6.45) is 9.64. The Balaban J connectivity index is 2.00. The van der Waals surface area contributed by atoms with E-state index in [1.54, 1.807) is 25.7 Å². The number of rotatable bonds is 14. The lowest BCUT2D eigenvalue weighted by molar-refractivity contribution is -0.141. The van der Waals surface area contributed by atoms with Crippen molar-refractivity contribution in [3.8, 4) is 0 Å². The van der Waals surface area contributed by atoms with Crippen molar-refractivity contribution in [2.24, 2.45) is 17.8 Å². The number of nitrogens with zero attached hydrogens (tertiary/aromatic N) is 1. The average molecular weight is 480 g/mol. The molecule has 0 spiro atoms. The van der Waals surface area contributed by atoms with Crippen LogP contribution in [0.2, 0.25) is 0 Å². The van der Waals surface area contributed by atoms with Crippen LogP contribution in [-0.2, 0) is 19.1 Å². The minimum absolute atomic E-state index is 0.0685. The third kappa shape index (κ3) is 8.27. The second kappa shape index (κ2) is 13.1. The van der Waals surface area contributed by atoms with Crippen molar-refractivity contribution in [3.05, 3.63) is 0 Å². The maximum Gasteiger partial charge on any atom is 0.408 e. The van der Waals surface area contributed by atoms with Crippen molar-refractivity contribution >= 4 is 24.2 Å². The molecule has 0 aromatic rings. The number of piperidine rings is 1. The number of alkyl carbamates (subject to hydrolysis) is 1. The molecule has 1 saturated heterocycles. The van der Waals surface area contributed by atoms with E-state index in [1.165, 1.54) is 32.1 Å². The quantitative estimate of drug-likeness (QED) is 0.291. The molecule has 3 amide bonds. The van der Waals surface area contributed by atoms with Crippen LogP contribution in [0.25, 0.3) is 0 Å². The van der Waals surface area contributed by atoms with Gasteiger partial charge in [-0.15, -0.1) is 0 Å². The molecule has 1 heterocycles. The van der Waals surface area contributed by atoms with Crippen LogP contribution in [0.5, 0.6) is 0 Å². The first-order valence-electron chi connectivity index (χ1n) is 13.1. The number of carbonyl (C=O) groups excluding carboxylic acids is 4. The standard InChI is InChI=1S/C26H45N3O5/c1-6-7-8-9-10-11-12-13-14-20(28-25(33)34-26(3,4)5)24(32)29-17-19-18(2)21(19)22(29)23(31)27-15-16-30/h16,18-22H,6-15,17H2,1-5H3,(H,27,31)(H,28,33)/t18-,19?,20?,21?,22?/m0/s1. The summed E-state index contributed by atoms with van der Waals surface area (Å²) in [6, 6.07) is -1.32. The van der Waals surface area contributed by atoms with E-state index >= 15 is 0 Å². The molecule has 0 aromatic carbocycles. The van der Waals surface area contributed by atoms with Gasteiger partial charge >= 0.3 is 6.09 Å². The first-order chi connectivity index (χ1) is 16.1. The predicted molar refractivity (Wildman–Crippen MR) is 131 cm³/mol. The van der Waals surface area contributed by atoms with Gasteiger partial charge in [-0.3, -0.25) is 9.59 Å². The fraction of sp³-hybridized carbons (Fsp3) is 0.846. The van der Waals surface area contributed by atoms with Crippen molar-refractivity contribution in [1.29, 1.82) is 0 Å². The van der Waals surface area contributed by atoms with Crippen LogP contribution in [0.3, 0.4) is 0 Å². The molecule has 2 N–H and O–H groups in total. The first-order valence-corrected chi connectivity index (χ1v) is 13.1. The number of hydrogen-bond donors (Lipinski definition) is 2. The topological polar surface area (TPSA) is 105 Å². The molecule has 1 aliphatic carbocycles. The van der Waals surface area contributed by atoms with Gasteiger partial charge in [0.25, 0.3) is 0 Å². The van der Waals surface area contributed by atoms with E-state index in [-0.39, 0.29) is 24.3 Å². The van der Waals surface area contributed by atoms with E-state index in [4.69, 9.17) is 4.74 Å². The Morgan fingerprint density at radius 3 is 2.26 bits per heavy atom. The Kier molecular flexibility index (Phi) is 10.8. The van der Waals surface area contributed by atoms with Gasteiger partial charge in [0, 0.05) is 6.54 Å². The summed E-state index contributed by atoms with van der Waals surface area (Å²) in [5, 5.41) is 5.39. The fourth-order valence-electron chi connectivity index (χ4n) is 5.12. The van der Waals surface area contributed by atoms with Gasteiger partial charge in [0.2, 0.25) is 11.8 Å². The zero-order valence-electron chi connectivity index (χ0n) is 21.7. The molecule has 8 heteroatoms. The summed E-state index contributed by atoms with van der Waals surface area (Å²) in [4.78, 5) is 51.1. The Bertz CT molecular complexity index is 705. The second-order valence-electron chi connectivity index (χ2n) is 10.9. The molecule has 1 saturated carbocycles. The Morgan fingerprint density at radius 2 is 1.68 bits per heavy atom. The molecule has 1 aliphatic heterocycles. The van der Waals surface area contributed by atoms with Gasteiger partial charge < -0.3 is 25.1 Å². The largest absolute Gasteiger partial charge is 0.444 e. The van der Waals surface area contributed by atoms with Crippen molar-refractivity contribution in [1.82, 2.24) is 15.5 Å². The molecular formula is C26H45N3O5. The van der Waals surface area contributed by atoms with Crippen LogP contribution in [0, 0.1) is 17.8 Å². The molecule has 0 bridgehead atoms. The van der Waals surface area contributed by atoms with Gasteiger partial charge in [0.05, 0.1) is 6.54 Å². The smallest absolute Gasteiger partial charge is 0.408 e. The molecule has 34 heavy (non-hydrogen) atoms. The SMILES string of the molecule is CCCCCCCCCCC(NC(=O)OC(C)(C)C)C(=O)N1CC2C(C1C(=O)NCC=O)[C@H]2C. The maximum absolute atomic E-state index is 13.6. The molecular weight excluding hydrogens is 434 g/mol. The Hall–Kier alpha value is -2.12. The van der Waals surface area contributed by atoms with Crippen molar-refractivity contribution in [3.63, 3.8) is 0 Å². The number of ether oxygens (including phenoxy) is 1. The Morgan fingerprint density at radius 1 is 1.06 bits per heavy atom. The van der Waals surface area contributed by atoms with Crippen LogP contribution in [0.1, 0.15) is 92.4 Å². The number of unbranched alkanes of at least 4 members (excludes halogenated alkanes) is 7. The van der Waals surface area contributed by atoms with Crippen LogP contribution in [-0.4, -0.2) is 59.9 Å². The monoisotopic (exact) mass is 479 g/mol. The second-order valence-corrected chi connectivity index (χ2v) is 10.9.